The van der Waals surface area contributed by atoms with E-state index in [9.17, 15) is 18.0 Å². The SMILES string of the molecule is CC(C)n1c(=O)n(-c2cccc(OC3CC3)c2)c2ccc(C(=O)NC3(C)CS(=O)(=O)C3)cc21. The highest BCUT2D eigenvalue weighted by atomic mass is 32.2. The van der Waals surface area contributed by atoms with Crippen LogP contribution in [0.1, 0.15) is 50.0 Å². The summed E-state index contributed by atoms with van der Waals surface area (Å²) in [6.07, 6.45) is 2.35. The van der Waals surface area contributed by atoms with E-state index >= 15 is 0 Å². The third kappa shape index (κ3) is 4.06. The molecular formula is C24H27N3O5S. The summed E-state index contributed by atoms with van der Waals surface area (Å²) in [6.45, 7) is 5.57. The number of imidazole rings is 1. The number of aromatic nitrogens is 2. The average Bonchev–Trinajstić information content (AvgIpc) is 3.46. The van der Waals surface area contributed by atoms with Crippen molar-refractivity contribution >= 4 is 26.8 Å². The van der Waals surface area contributed by atoms with Crippen molar-refractivity contribution in [3.8, 4) is 11.4 Å². The molecule has 9 heteroatoms. The molecule has 2 fully saturated rings. The van der Waals surface area contributed by atoms with Gasteiger partial charge in [-0.25, -0.2) is 13.2 Å². The number of hydrogen-bond acceptors (Lipinski definition) is 5. The molecule has 2 heterocycles. The molecule has 2 aliphatic rings. The van der Waals surface area contributed by atoms with Crippen LogP contribution >= 0.6 is 0 Å². The minimum Gasteiger partial charge on any atom is -0.490 e. The first-order valence-electron chi connectivity index (χ1n) is 11.1. The molecule has 1 amide bonds. The van der Waals surface area contributed by atoms with E-state index in [0.29, 0.717) is 22.3 Å². The third-order valence-corrected chi connectivity index (χ3v) is 8.20. The summed E-state index contributed by atoms with van der Waals surface area (Å²) >= 11 is 0. The average molecular weight is 470 g/mol. The second-order valence-corrected chi connectivity index (χ2v) is 11.7. The molecule has 0 radical (unpaired) electrons. The second kappa shape index (κ2) is 7.48. The largest absolute Gasteiger partial charge is 0.490 e. The van der Waals surface area contributed by atoms with Crippen molar-refractivity contribution in [3.05, 3.63) is 58.5 Å². The lowest BCUT2D eigenvalue weighted by atomic mass is 10.1. The lowest BCUT2D eigenvalue weighted by Gasteiger charge is -2.38. The fourth-order valence-corrected chi connectivity index (χ4v) is 6.53. The van der Waals surface area contributed by atoms with E-state index < -0.39 is 15.4 Å². The van der Waals surface area contributed by atoms with E-state index in [0.717, 1.165) is 18.6 Å². The molecule has 1 aliphatic heterocycles. The molecule has 3 aromatic rings. The van der Waals surface area contributed by atoms with Gasteiger partial charge < -0.3 is 10.1 Å². The van der Waals surface area contributed by atoms with E-state index in [4.69, 9.17) is 4.74 Å². The van der Waals surface area contributed by atoms with Gasteiger partial charge in [0.25, 0.3) is 5.91 Å². The van der Waals surface area contributed by atoms with Crippen molar-refractivity contribution in [2.75, 3.05) is 11.5 Å². The van der Waals surface area contributed by atoms with Crippen molar-refractivity contribution in [3.63, 3.8) is 0 Å². The molecule has 0 bridgehead atoms. The lowest BCUT2D eigenvalue weighted by Crippen LogP contribution is -2.63. The smallest absolute Gasteiger partial charge is 0.333 e. The maximum atomic E-state index is 13.4. The monoisotopic (exact) mass is 469 g/mol. The van der Waals surface area contributed by atoms with Gasteiger partial charge in [0.05, 0.1) is 39.9 Å². The van der Waals surface area contributed by atoms with Gasteiger partial charge >= 0.3 is 5.69 Å². The first-order valence-corrected chi connectivity index (χ1v) is 12.9. The van der Waals surface area contributed by atoms with E-state index in [1.54, 1.807) is 34.3 Å². The van der Waals surface area contributed by atoms with Crippen LogP contribution < -0.4 is 15.7 Å². The molecule has 2 aromatic carbocycles. The van der Waals surface area contributed by atoms with E-state index in [-0.39, 0.29) is 35.2 Å². The molecule has 0 unspecified atom stereocenters. The molecule has 1 saturated carbocycles. The highest BCUT2D eigenvalue weighted by molar-refractivity contribution is 7.93. The molecule has 0 spiro atoms. The number of rotatable bonds is 6. The van der Waals surface area contributed by atoms with Crippen molar-refractivity contribution in [1.29, 1.82) is 0 Å². The molecule has 8 nitrogen and oxygen atoms in total. The summed E-state index contributed by atoms with van der Waals surface area (Å²) in [4.78, 5) is 26.3. The molecule has 174 valence electrons. The van der Waals surface area contributed by atoms with Gasteiger partial charge in [0, 0.05) is 17.7 Å². The quantitative estimate of drug-likeness (QED) is 0.599. The molecule has 0 atom stereocenters. The highest BCUT2D eigenvalue weighted by Crippen LogP contribution is 2.29. The number of benzene rings is 2. The van der Waals surface area contributed by atoms with Gasteiger partial charge in [-0.3, -0.25) is 13.9 Å². The van der Waals surface area contributed by atoms with E-state index in [2.05, 4.69) is 5.32 Å². The zero-order valence-corrected chi connectivity index (χ0v) is 19.7. The van der Waals surface area contributed by atoms with Gasteiger partial charge in [0.1, 0.15) is 5.75 Å². The summed E-state index contributed by atoms with van der Waals surface area (Å²) in [7, 11) is -3.08. The van der Waals surface area contributed by atoms with Gasteiger partial charge in [-0.05, 0) is 63.9 Å². The van der Waals surface area contributed by atoms with Crippen LogP contribution in [0.4, 0.5) is 0 Å². The Hall–Kier alpha value is -3.07. The number of fused-ring (bicyclic) bond motifs is 1. The molecule has 1 aromatic heterocycles. The number of amides is 1. The minimum atomic E-state index is -3.08. The molecule has 1 aliphatic carbocycles. The van der Waals surface area contributed by atoms with E-state index in [1.807, 2.05) is 38.1 Å². The Kier molecular flexibility index (Phi) is 4.93. The van der Waals surface area contributed by atoms with Crippen LogP contribution in [0, 0.1) is 0 Å². The van der Waals surface area contributed by atoms with Crippen LogP contribution in [0.15, 0.2) is 47.3 Å². The Morgan fingerprint density at radius 2 is 1.85 bits per heavy atom. The van der Waals surface area contributed by atoms with Gasteiger partial charge in [0.2, 0.25) is 0 Å². The number of nitrogens with one attached hydrogen (secondary N) is 1. The van der Waals surface area contributed by atoms with Crippen LogP contribution in [0.25, 0.3) is 16.7 Å². The Morgan fingerprint density at radius 3 is 2.48 bits per heavy atom. The number of carbonyl (C=O) groups is 1. The third-order valence-electron chi connectivity index (χ3n) is 6.05. The minimum absolute atomic E-state index is 0.0691. The van der Waals surface area contributed by atoms with E-state index in [1.165, 1.54) is 0 Å². The van der Waals surface area contributed by atoms with Crippen molar-refractivity contribution in [1.82, 2.24) is 14.5 Å². The fourth-order valence-electron chi connectivity index (χ4n) is 4.53. The zero-order chi connectivity index (χ0) is 23.5. The van der Waals surface area contributed by atoms with Crippen LogP contribution in [-0.4, -0.2) is 46.6 Å². The van der Waals surface area contributed by atoms with Gasteiger partial charge in [-0.15, -0.1) is 0 Å². The zero-order valence-electron chi connectivity index (χ0n) is 18.9. The predicted molar refractivity (Wildman–Crippen MR) is 126 cm³/mol. The maximum absolute atomic E-state index is 13.4. The van der Waals surface area contributed by atoms with Crippen LogP contribution in [0.3, 0.4) is 0 Å². The normalized spacial score (nSPS) is 18.8. The van der Waals surface area contributed by atoms with Gasteiger partial charge in [0.15, 0.2) is 9.84 Å². The summed E-state index contributed by atoms with van der Waals surface area (Å²) in [6, 6.07) is 12.5. The topological polar surface area (TPSA) is 99.4 Å². The lowest BCUT2D eigenvalue weighted by molar-refractivity contribution is 0.0917. The Labute approximate surface area is 192 Å². The van der Waals surface area contributed by atoms with Crippen molar-refractivity contribution < 1.29 is 17.9 Å². The van der Waals surface area contributed by atoms with Crippen LogP contribution in [0.2, 0.25) is 0 Å². The van der Waals surface area contributed by atoms with Crippen LogP contribution in [-0.2, 0) is 9.84 Å². The summed E-state index contributed by atoms with van der Waals surface area (Å²) < 4.78 is 32.4. The van der Waals surface area contributed by atoms with Crippen molar-refractivity contribution in [2.24, 2.45) is 0 Å². The molecule has 33 heavy (non-hydrogen) atoms. The fraction of sp³-hybridized carbons (Fsp3) is 0.417. The number of hydrogen-bond donors (Lipinski definition) is 1. The van der Waals surface area contributed by atoms with Crippen molar-refractivity contribution in [2.45, 2.75) is 51.3 Å². The van der Waals surface area contributed by atoms with Gasteiger partial charge in [-0.2, -0.15) is 0 Å². The number of ether oxygens (including phenoxy) is 1. The molecular weight excluding hydrogens is 442 g/mol. The number of nitrogens with zero attached hydrogens (tertiary/aromatic N) is 2. The highest BCUT2D eigenvalue weighted by Gasteiger charge is 2.45. The first-order chi connectivity index (χ1) is 15.6. The molecule has 1 N–H and O–H groups in total. The van der Waals surface area contributed by atoms with Crippen LogP contribution in [0.5, 0.6) is 5.75 Å². The summed E-state index contributed by atoms with van der Waals surface area (Å²) in [5.74, 6) is 0.234. The summed E-state index contributed by atoms with van der Waals surface area (Å²) in [5, 5.41) is 2.83. The summed E-state index contributed by atoms with van der Waals surface area (Å²) in [5.41, 5.74) is 1.44. The van der Waals surface area contributed by atoms with Gasteiger partial charge in [-0.1, -0.05) is 6.07 Å². The molecule has 5 rings (SSSR count). The second-order valence-electron chi connectivity index (χ2n) is 9.65. The number of sulfone groups is 1. The Morgan fingerprint density at radius 1 is 1.12 bits per heavy atom. The maximum Gasteiger partial charge on any atom is 0.333 e. The molecule has 1 saturated heterocycles. The standard InChI is InChI=1S/C24H27N3O5S/c1-15(2)26-21-11-16(22(28)25-24(3)13-33(30,31)14-24)7-10-20(21)27(23(26)29)17-5-4-6-19(12-17)32-18-8-9-18/h4-7,10-12,15,18H,8-9,13-14H2,1-3H3,(H,25,28). The Bertz CT molecular complexity index is 1420. The first kappa shape index (κ1) is 21.8. The number of carbonyl (C=O) groups excluding carboxylic acids is 1. The Balaban J connectivity index is 1.55. The predicted octanol–water partition coefficient (Wildman–Crippen LogP) is 2.83.